The first-order valence-corrected chi connectivity index (χ1v) is 5.61. The van der Waals surface area contributed by atoms with E-state index < -0.39 is 0 Å². The van der Waals surface area contributed by atoms with Crippen LogP contribution in [0.3, 0.4) is 0 Å². The van der Waals surface area contributed by atoms with E-state index in [1.807, 2.05) is 0 Å². The van der Waals surface area contributed by atoms with Crippen LogP contribution in [-0.4, -0.2) is 30.3 Å². The minimum absolute atomic E-state index is 0.155. The van der Waals surface area contributed by atoms with Gasteiger partial charge in [0.1, 0.15) is 0 Å². The Morgan fingerprint density at radius 1 is 1.40 bits per heavy atom. The smallest absolute Gasteiger partial charge is 0.255 e. The number of amides is 1. The summed E-state index contributed by atoms with van der Waals surface area (Å²) in [5.74, 6) is 0.241. The van der Waals surface area contributed by atoms with Crippen molar-refractivity contribution in [1.82, 2.24) is 4.90 Å². The van der Waals surface area contributed by atoms with E-state index in [4.69, 9.17) is 34.8 Å². The second-order valence-electron chi connectivity index (χ2n) is 3.04. The number of alkyl halides is 1. The topological polar surface area (TPSA) is 20.3 Å². The molecule has 0 spiro atoms. The molecule has 0 saturated heterocycles. The van der Waals surface area contributed by atoms with E-state index in [1.165, 1.54) is 4.90 Å². The van der Waals surface area contributed by atoms with Crippen molar-refractivity contribution >= 4 is 40.7 Å². The molecule has 0 unspecified atom stereocenters. The second-order valence-corrected chi connectivity index (χ2v) is 4.26. The fourth-order valence-corrected chi connectivity index (χ4v) is 1.84. The summed E-state index contributed by atoms with van der Waals surface area (Å²) in [7, 11) is 1.68. The highest BCUT2D eigenvalue weighted by atomic mass is 35.5. The number of halogens is 3. The number of carbonyl (C=O) groups is 1. The van der Waals surface area contributed by atoms with Gasteiger partial charge in [0.15, 0.2) is 0 Å². The van der Waals surface area contributed by atoms with Gasteiger partial charge in [0.05, 0.1) is 10.6 Å². The van der Waals surface area contributed by atoms with Crippen LogP contribution in [0.2, 0.25) is 10.0 Å². The van der Waals surface area contributed by atoms with E-state index >= 15 is 0 Å². The monoisotopic (exact) mass is 265 g/mol. The van der Waals surface area contributed by atoms with Crippen molar-refractivity contribution in [2.75, 3.05) is 19.5 Å². The Morgan fingerprint density at radius 3 is 2.60 bits per heavy atom. The van der Waals surface area contributed by atoms with Crippen LogP contribution in [0.15, 0.2) is 18.2 Å². The summed E-state index contributed by atoms with van der Waals surface area (Å²) < 4.78 is 0. The number of rotatable bonds is 3. The highest BCUT2D eigenvalue weighted by Gasteiger charge is 2.14. The van der Waals surface area contributed by atoms with Crippen LogP contribution in [0.1, 0.15) is 10.4 Å². The molecule has 2 nitrogen and oxygen atoms in total. The van der Waals surface area contributed by atoms with E-state index in [0.29, 0.717) is 28.0 Å². The quantitative estimate of drug-likeness (QED) is 0.769. The van der Waals surface area contributed by atoms with Gasteiger partial charge in [-0.2, -0.15) is 0 Å². The molecule has 0 aromatic heterocycles. The van der Waals surface area contributed by atoms with Gasteiger partial charge in [-0.3, -0.25) is 4.79 Å². The predicted molar refractivity (Wildman–Crippen MR) is 64.1 cm³/mol. The molecule has 0 atom stereocenters. The van der Waals surface area contributed by atoms with Crippen molar-refractivity contribution in [1.29, 1.82) is 0 Å². The largest absolute Gasteiger partial charge is 0.340 e. The van der Waals surface area contributed by atoms with Gasteiger partial charge in [0, 0.05) is 24.5 Å². The van der Waals surface area contributed by atoms with E-state index in [2.05, 4.69) is 0 Å². The average Bonchev–Trinajstić information content (AvgIpc) is 2.17. The van der Waals surface area contributed by atoms with Crippen LogP contribution >= 0.6 is 34.8 Å². The maximum Gasteiger partial charge on any atom is 0.255 e. The molecule has 15 heavy (non-hydrogen) atoms. The molecular weight excluding hydrogens is 256 g/mol. The summed E-state index contributed by atoms with van der Waals surface area (Å²) in [6.07, 6.45) is 0. The SMILES string of the molecule is CN(CCCl)C(=O)c1ccc(Cl)cc1Cl. The molecule has 0 heterocycles. The van der Waals surface area contributed by atoms with E-state index in [1.54, 1.807) is 25.2 Å². The summed E-state index contributed by atoms with van der Waals surface area (Å²) in [4.78, 5) is 13.3. The molecule has 0 radical (unpaired) electrons. The van der Waals surface area contributed by atoms with Crippen LogP contribution in [0.25, 0.3) is 0 Å². The first-order chi connectivity index (χ1) is 7.06. The number of nitrogens with zero attached hydrogens (tertiary/aromatic N) is 1. The molecule has 1 rings (SSSR count). The summed E-state index contributed by atoms with van der Waals surface area (Å²) in [6, 6.07) is 4.79. The normalized spacial score (nSPS) is 10.1. The molecule has 0 saturated carbocycles. The lowest BCUT2D eigenvalue weighted by Crippen LogP contribution is -2.28. The third-order valence-corrected chi connectivity index (χ3v) is 2.65. The fourth-order valence-electron chi connectivity index (χ4n) is 1.10. The van der Waals surface area contributed by atoms with Gasteiger partial charge in [0.2, 0.25) is 0 Å². The van der Waals surface area contributed by atoms with Crippen molar-refractivity contribution < 1.29 is 4.79 Å². The first kappa shape index (κ1) is 12.6. The van der Waals surface area contributed by atoms with Crippen molar-refractivity contribution in [3.05, 3.63) is 33.8 Å². The molecular formula is C10H10Cl3NO. The summed E-state index contributed by atoms with van der Waals surface area (Å²) in [5.41, 5.74) is 0.439. The lowest BCUT2D eigenvalue weighted by Gasteiger charge is -2.16. The van der Waals surface area contributed by atoms with Crippen LogP contribution in [0.5, 0.6) is 0 Å². The van der Waals surface area contributed by atoms with E-state index in [0.717, 1.165) is 0 Å². The Labute approximate surface area is 104 Å². The zero-order valence-electron chi connectivity index (χ0n) is 8.14. The summed E-state index contributed by atoms with van der Waals surface area (Å²) in [6.45, 7) is 0.485. The van der Waals surface area contributed by atoms with Gasteiger partial charge in [-0.25, -0.2) is 0 Å². The highest BCUT2D eigenvalue weighted by Crippen LogP contribution is 2.21. The molecule has 0 bridgehead atoms. The fraction of sp³-hybridized carbons (Fsp3) is 0.300. The second kappa shape index (κ2) is 5.59. The Morgan fingerprint density at radius 2 is 2.07 bits per heavy atom. The van der Waals surface area contributed by atoms with Gasteiger partial charge in [0.25, 0.3) is 5.91 Å². The van der Waals surface area contributed by atoms with Crippen LogP contribution < -0.4 is 0 Å². The van der Waals surface area contributed by atoms with Gasteiger partial charge in [-0.15, -0.1) is 11.6 Å². The van der Waals surface area contributed by atoms with E-state index in [-0.39, 0.29) is 5.91 Å². The minimum Gasteiger partial charge on any atom is -0.340 e. The van der Waals surface area contributed by atoms with E-state index in [9.17, 15) is 4.79 Å². The summed E-state index contributed by atoms with van der Waals surface area (Å²) >= 11 is 17.2. The van der Waals surface area contributed by atoms with Gasteiger partial charge in [-0.1, -0.05) is 23.2 Å². The number of hydrogen-bond donors (Lipinski definition) is 0. The van der Waals surface area contributed by atoms with Gasteiger partial charge in [-0.05, 0) is 18.2 Å². The summed E-state index contributed by atoms with van der Waals surface area (Å²) in [5, 5.41) is 0.866. The van der Waals surface area contributed by atoms with Crippen molar-refractivity contribution in [2.24, 2.45) is 0 Å². The third kappa shape index (κ3) is 3.26. The molecule has 1 aromatic rings. The Kier molecular flexibility index (Phi) is 4.71. The highest BCUT2D eigenvalue weighted by molar-refractivity contribution is 6.36. The van der Waals surface area contributed by atoms with Crippen LogP contribution in [0, 0.1) is 0 Å². The molecule has 0 aliphatic carbocycles. The minimum atomic E-state index is -0.155. The molecule has 0 aliphatic heterocycles. The van der Waals surface area contributed by atoms with Crippen LogP contribution in [-0.2, 0) is 0 Å². The molecule has 0 fully saturated rings. The Bertz CT molecular complexity index is 368. The standard InChI is InChI=1S/C10H10Cl3NO/c1-14(5-4-11)10(15)8-3-2-7(12)6-9(8)13/h2-3,6H,4-5H2,1H3. The molecule has 0 aliphatic rings. The molecule has 1 amide bonds. The third-order valence-electron chi connectivity index (χ3n) is 1.93. The maximum absolute atomic E-state index is 11.8. The van der Waals surface area contributed by atoms with Crippen LogP contribution in [0.4, 0.5) is 0 Å². The Balaban J connectivity index is 2.91. The van der Waals surface area contributed by atoms with Crippen molar-refractivity contribution in [3.8, 4) is 0 Å². The molecule has 0 N–H and O–H groups in total. The average molecular weight is 267 g/mol. The first-order valence-electron chi connectivity index (χ1n) is 4.32. The number of hydrogen-bond acceptors (Lipinski definition) is 1. The number of benzene rings is 1. The zero-order valence-corrected chi connectivity index (χ0v) is 10.4. The Hall–Kier alpha value is -0.440. The molecule has 1 aromatic carbocycles. The lowest BCUT2D eigenvalue weighted by atomic mass is 10.2. The zero-order chi connectivity index (χ0) is 11.4. The predicted octanol–water partition coefficient (Wildman–Crippen LogP) is 3.30. The molecule has 5 heteroatoms. The maximum atomic E-state index is 11.8. The lowest BCUT2D eigenvalue weighted by molar-refractivity contribution is 0.0803. The van der Waals surface area contributed by atoms with Gasteiger partial charge < -0.3 is 4.90 Å². The van der Waals surface area contributed by atoms with Gasteiger partial charge >= 0.3 is 0 Å². The number of carbonyl (C=O) groups excluding carboxylic acids is 1. The molecule has 82 valence electrons. The van der Waals surface area contributed by atoms with Crippen molar-refractivity contribution in [3.63, 3.8) is 0 Å². The van der Waals surface area contributed by atoms with Crippen molar-refractivity contribution in [2.45, 2.75) is 0 Å².